The molecule has 0 radical (unpaired) electrons. The highest BCUT2D eigenvalue weighted by Gasteiger charge is 2.41. The summed E-state index contributed by atoms with van der Waals surface area (Å²) < 4.78 is -1.17. The molecule has 0 saturated carbocycles. The summed E-state index contributed by atoms with van der Waals surface area (Å²) in [5.41, 5.74) is 18.8. The van der Waals surface area contributed by atoms with Gasteiger partial charge in [0.25, 0.3) is 0 Å². The zero-order chi connectivity index (χ0) is 52.3. The van der Waals surface area contributed by atoms with Crippen LogP contribution in [0.2, 0.25) is 0 Å². The van der Waals surface area contributed by atoms with E-state index in [4.69, 9.17) is 28.0 Å². The van der Waals surface area contributed by atoms with Crippen molar-refractivity contribution in [2.75, 3.05) is 18.8 Å². The molecule has 386 valence electrons. The average Bonchev–Trinajstić information content (AvgIpc) is 3.72. The van der Waals surface area contributed by atoms with Crippen LogP contribution in [0.5, 0.6) is 0 Å². The number of carbonyl (C=O) groups excluding carboxylic acids is 8. The zero-order valence-electron chi connectivity index (χ0n) is 40.2. The van der Waals surface area contributed by atoms with Crippen molar-refractivity contribution >= 4 is 91.7 Å². The summed E-state index contributed by atoms with van der Waals surface area (Å²) in [7, 11) is 2.39. The van der Waals surface area contributed by atoms with Crippen molar-refractivity contribution in [2.45, 2.75) is 120 Å². The minimum absolute atomic E-state index is 0.00649. The van der Waals surface area contributed by atoms with E-state index < -0.39 is 94.3 Å². The van der Waals surface area contributed by atoms with Gasteiger partial charge in [-0.1, -0.05) is 70.1 Å². The number of benzene rings is 2. The maximum absolute atomic E-state index is 14.4. The SMILES string of the molecule is CC(=O)N[C@@H](CCCNC(=N)N)C(=O)N[C@H]1C(=O)N[C@H](C)C(=O)N[C@H](Cc2ccccc2)C(=O)N[C@@H](CCCNC(=N)N)C(=O)N[C@@H](Cc2c[nH]c3ccccc23)C(=O)N[C@H](C(N)=O)CCSSC1(C)C. The Morgan fingerprint density at radius 2 is 1.35 bits per heavy atom. The van der Waals surface area contributed by atoms with Crippen molar-refractivity contribution in [3.8, 4) is 0 Å². The quantitative estimate of drug-likeness (QED) is 0.0353. The van der Waals surface area contributed by atoms with Crippen LogP contribution in [0, 0.1) is 10.8 Å². The van der Waals surface area contributed by atoms with Gasteiger partial charge in [0.1, 0.15) is 42.3 Å². The molecule has 2 aromatic carbocycles. The smallest absolute Gasteiger partial charge is 0.244 e. The van der Waals surface area contributed by atoms with Crippen LogP contribution in [0.15, 0.2) is 60.8 Å². The largest absolute Gasteiger partial charge is 0.370 e. The molecule has 4 rings (SSSR count). The minimum atomic E-state index is -1.36. The average molecular weight is 1020 g/mol. The number of nitrogens with one attached hydrogen (secondary N) is 12. The standard InChI is InChI=1S/C46H67N15O8S2/c1-25-38(64)59-34(22-27-12-6-5-7-13-27)41(67)58-33(17-11-20-53-45(50)51)39(65)60-35(23-28-24-54-30-15-9-8-14-29(28)30)42(68)57-31(37(47)63)18-21-70-71-46(3,4)36(43(69)55-25)61-40(66)32(56-26(2)62)16-10-19-52-44(48)49/h5-9,12-15,24-25,31-36,54H,10-11,16-23H2,1-4H3,(H2,47,63)(H,55,69)(H,56,62)(H,57,68)(H,58,67)(H,59,64)(H,60,65)(H,61,66)(H4,48,49,52)(H4,50,51,53)/t25-,31+,32+,33+,34-,35+,36+/m1/s1. The number of guanidine groups is 2. The Hall–Kier alpha value is -7.02. The molecule has 0 unspecified atom stereocenters. The Labute approximate surface area is 419 Å². The highest BCUT2D eigenvalue weighted by Crippen LogP contribution is 2.39. The van der Waals surface area contributed by atoms with Crippen LogP contribution in [0.4, 0.5) is 0 Å². The molecule has 0 spiro atoms. The predicted molar refractivity (Wildman–Crippen MR) is 273 cm³/mol. The lowest BCUT2D eigenvalue weighted by molar-refractivity contribution is -0.135. The molecule has 25 heteroatoms. The van der Waals surface area contributed by atoms with Crippen LogP contribution in [-0.4, -0.2) is 130 Å². The van der Waals surface area contributed by atoms with E-state index in [0.29, 0.717) is 17.5 Å². The fraction of sp³-hybridized carbons (Fsp3) is 0.478. The fourth-order valence-corrected chi connectivity index (χ4v) is 10.3. The van der Waals surface area contributed by atoms with Crippen LogP contribution in [0.1, 0.15) is 70.9 Å². The normalized spacial score (nSPS) is 22.1. The molecule has 1 aliphatic heterocycles. The van der Waals surface area contributed by atoms with Gasteiger partial charge in [-0.05, 0) is 70.1 Å². The van der Waals surface area contributed by atoms with Crippen molar-refractivity contribution in [1.82, 2.24) is 52.8 Å². The number of aromatic nitrogens is 1. The van der Waals surface area contributed by atoms with Crippen LogP contribution >= 0.6 is 21.6 Å². The van der Waals surface area contributed by atoms with Crippen LogP contribution < -0.4 is 65.1 Å². The van der Waals surface area contributed by atoms with Crippen molar-refractivity contribution < 1.29 is 38.4 Å². The van der Waals surface area contributed by atoms with E-state index in [9.17, 15) is 38.4 Å². The molecule has 18 N–H and O–H groups in total. The third-order valence-electron chi connectivity index (χ3n) is 11.4. The highest BCUT2D eigenvalue weighted by atomic mass is 33.1. The van der Waals surface area contributed by atoms with Gasteiger partial charge in [0, 0.05) is 60.5 Å². The maximum Gasteiger partial charge on any atom is 0.244 e. The minimum Gasteiger partial charge on any atom is -0.370 e. The number of hydrogen-bond acceptors (Lipinski definition) is 12. The van der Waals surface area contributed by atoms with E-state index in [1.165, 1.54) is 35.4 Å². The first kappa shape index (κ1) is 56.6. The first-order valence-electron chi connectivity index (χ1n) is 23.1. The number of fused-ring (bicyclic) bond motifs is 1. The third kappa shape index (κ3) is 18.3. The van der Waals surface area contributed by atoms with E-state index in [1.54, 1.807) is 50.4 Å². The number of nitrogens with two attached hydrogens (primary N) is 3. The molecule has 1 aliphatic rings. The number of rotatable bonds is 16. The topological polar surface area (TPSA) is 386 Å². The molecule has 71 heavy (non-hydrogen) atoms. The molecule has 7 atom stereocenters. The van der Waals surface area contributed by atoms with E-state index >= 15 is 0 Å². The zero-order valence-corrected chi connectivity index (χ0v) is 41.8. The number of primary amides is 1. The van der Waals surface area contributed by atoms with E-state index in [1.807, 2.05) is 24.3 Å². The molecule has 1 fully saturated rings. The second kappa shape index (κ2) is 27.4. The summed E-state index contributed by atoms with van der Waals surface area (Å²) in [5, 5.41) is 40.1. The van der Waals surface area contributed by atoms with Crippen molar-refractivity contribution in [3.63, 3.8) is 0 Å². The molecule has 3 aromatic rings. The van der Waals surface area contributed by atoms with Crippen LogP contribution in [-0.2, 0) is 51.2 Å². The highest BCUT2D eigenvalue weighted by molar-refractivity contribution is 8.77. The van der Waals surface area contributed by atoms with Crippen molar-refractivity contribution in [3.05, 3.63) is 71.9 Å². The van der Waals surface area contributed by atoms with Crippen LogP contribution in [0.3, 0.4) is 0 Å². The molecule has 1 saturated heterocycles. The second-order valence-corrected chi connectivity index (χ2v) is 20.7. The summed E-state index contributed by atoms with van der Waals surface area (Å²) in [6.45, 7) is 6.36. The summed E-state index contributed by atoms with van der Waals surface area (Å²) in [6, 6.07) is 7.19. The third-order valence-corrected chi connectivity index (χ3v) is 14.7. The number of aromatic amines is 1. The van der Waals surface area contributed by atoms with E-state index in [0.717, 1.165) is 10.9 Å². The molecule has 1 aromatic heterocycles. The molecule has 23 nitrogen and oxygen atoms in total. The first-order valence-corrected chi connectivity index (χ1v) is 25.4. The van der Waals surface area contributed by atoms with Gasteiger partial charge in [0.2, 0.25) is 47.3 Å². The van der Waals surface area contributed by atoms with E-state index in [-0.39, 0.29) is 69.3 Å². The molecule has 8 amide bonds. The van der Waals surface area contributed by atoms with Gasteiger partial charge in [0.15, 0.2) is 11.9 Å². The van der Waals surface area contributed by atoms with Gasteiger partial charge >= 0.3 is 0 Å². The number of para-hydroxylation sites is 1. The number of H-pyrrole nitrogens is 1. The van der Waals surface area contributed by atoms with Gasteiger partial charge < -0.3 is 70.0 Å². The maximum atomic E-state index is 14.4. The molecule has 0 bridgehead atoms. The summed E-state index contributed by atoms with van der Waals surface area (Å²) in [4.78, 5) is 114. The summed E-state index contributed by atoms with van der Waals surface area (Å²) in [6.07, 6.45) is 2.23. The lowest BCUT2D eigenvalue weighted by atomic mass is 10.00. The van der Waals surface area contributed by atoms with Crippen molar-refractivity contribution in [2.24, 2.45) is 17.2 Å². The Balaban J connectivity index is 1.76. The lowest BCUT2D eigenvalue weighted by Crippen LogP contribution is -2.62. The molecular weight excluding hydrogens is 955 g/mol. The van der Waals surface area contributed by atoms with Gasteiger partial charge in [-0.3, -0.25) is 49.2 Å². The Morgan fingerprint density at radius 1 is 0.761 bits per heavy atom. The predicted octanol–water partition coefficient (Wildman–Crippen LogP) is -1.04. The van der Waals surface area contributed by atoms with Gasteiger partial charge in [-0.2, -0.15) is 0 Å². The number of carbonyl (C=O) groups is 8. The first-order chi connectivity index (χ1) is 33.6. The lowest BCUT2D eigenvalue weighted by Gasteiger charge is -2.34. The molecule has 2 heterocycles. The monoisotopic (exact) mass is 1020 g/mol. The number of hydrogen-bond donors (Lipinski definition) is 15. The number of amides is 8. The van der Waals surface area contributed by atoms with Crippen molar-refractivity contribution in [1.29, 1.82) is 10.8 Å². The molecular formula is C46H67N15O8S2. The molecule has 0 aliphatic carbocycles. The van der Waals surface area contributed by atoms with Gasteiger partial charge in [-0.15, -0.1) is 0 Å². The fourth-order valence-electron chi connectivity index (χ4n) is 7.60. The Kier molecular flexibility index (Phi) is 21.8. The van der Waals surface area contributed by atoms with E-state index in [2.05, 4.69) is 52.8 Å². The Bertz CT molecular complexity index is 2390. The Morgan fingerprint density at radius 3 is 2.01 bits per heavy atom. The van der Waals surface area contributed by atoms with Crippen LogP contribution in [0.25, 0.3) is 10.9 Å². The summed E-state index contributed by atoms with van der Waals surface area (Å²) in [5.74, 6) is -6.32. The summed E-state index contributed by atoms with van der Waals surface area (Å²) >= 11 is 0. The van der Waals surface area contributed by atoms with Gasteiger partial charge in [-0.25, -0.2) is 0 Å². The second-order valence-electron chi connectivity index (χ2n) is 17.6. The van der Waals surface area contributed by atoms with Gasteiger partial charge in [0.05, 0.1) is 0 Å².